The van der Waals surface area contributed by atoms with Gasteiger partial charge in [-0.05, 0) is 0 Å². The summed E-state index contributed by atoms with van der Waals surface area (Å²) in [5, 5.41) is 9.40. The first-order chi connectivity index (χ1) is 6.68. The number of aromatic nitrogens is 2. The Kier molecular flexibility index (Phi) is 1.95. The van der Waals surface area contributed by atoms with E-state index in [-0.39, 0.29) is 11.6 Å². The number of H-pyrrole nitrogens is 2. The molecule has 1 aliphatic rings. The molecule has 1 aromatic rings. The summed E-state index contributed by atoms with van der Waals surface area (Å²) in [6, 6.07) is 0. The zero-order chi connectivity index (χ0) is 10.1. The average molecular weight is 196 g/mol. The molecular formula is C8H10N3O3+. The summed E-state index contributed by atoms with van der Waals surface area (Å²) < 4.78 is 1.64. The first kappa shape index (κ1) is 8.74. The van der Waals surface area contributed by atoms with Crippen molar-refractivity contribution in [2.45, 2.75) is 12.8 Å². The van der Waals surface area contributed by atoms with Gasteiger partial charge in [0.1, 0.15) is 12.8 Å². The molecule has 0 atom stereocenters. The van der Waals surface area contributed by atoms with E-state index in [2.05, 4.69) is 9.97 Å². The van der Waals surface area contributed by atoms with Crippen molar-refractivity contribution in [3.8, 4) is 5.88 Å². The minimum absolute atomic E-state index is 0.113. The predicted octanol–water partition coefficient (Wildman–Crippen LogP) is -0.723. The second-order valence-corrected chi connectivity index (χ2v) is 3.12. The maximum atomic E-state index is 11.4. The second-order valence-electron chi connectivity index (χ2n) is 3.12. The topological polar surface area (TPSA) is 89.0 Å². The van der Waals surface area contributed by atoms with E-state index < -0.39 is 11.2 Å². The summed E-state index contributed by atoms with van der Waals surface area (Å²) in [5.41, 5.74) is -1.15. The molecular weight excluding hydrogens is 186 g/mol. The summed E-state index contributed by atoms with van der Waals surface area (Å²) in [5.74, 6) is -0.378. The van der Waals surface area contributed by atoms with Gasteiger partial charge >= 0.3 is 16.9 Å². The Labute approximate surface area is 78.5 Å². The number of aromatic amines is 2. The highest BCUT2D eigenvalue weighted by molar-refractivity contribution is 5.56. The molecule has 2 heterocycles. The van der Waals surface area contributed by atoms with E-state index in [0.717, 1.165) is 12.8 Å². The summed E-state index contributed by atoms with van der Waals surface area (Å²) in [6.07, 6.45) is 3.64. The van der Waals surface area contributed by atoms with E-state index in [0.29, 0.717) is 6.54 Å². The van der Waals surface area contributed by atoms with E-state index in [1.165, 1.54) is 0 Å². The first-order valence-corrected chi connectivity index (χ1v) is 4.34. The van der Waals surface area contributed by atoms with Crippen LogP contribution in [0.25, 0.3) is 0 Å². The fourth-order valence-corrected chi connectivity index (χ4v) is 1.54. The van der Waals surface area contributed by atoms with E-state index in [9.17, 15) is 14.7 Å². The molecule has 0 aromatic carbocycles. The third-order valence-corrected chi connectivity index (χ3v) is 2.14. The Hall–Kier alpha value is -1.85. The van der Waals surface area contributed by atoms with Gasteiger partial charge in [-0.3, -0.25) is 14.8 Å². The van der Waals surface area contributed by atoms with E-state index in [1.807, 2.05) is 6.21 Å². The molecule has 0 aliphatic carbocycles. The van der Waals surface area contributed by atoms with Crippen LogP contribution in [0, 0.1) is 0 Å². The Morgan fingerprint density at radius 1 is 1.36 bits per heavy atom. The molecule has 0 radical (unpaired) electrons. The fourth-order valence-electron chi connectivity index (χ4n) is 1.54. The Balaban J connectivity index is 2.63. The van der Waals surface area contributed by atoms with Crippen molar-refractivity contribution in [1.82, 2.24) is 9.97 Å². The standard InChI is InChI=1S/C8H9N3O3/c12-6-5(11-3-1-2-4-11)7(13)10-8(14)9-6/h3H,1-2,4H2,(H2-,9,10,12,13,14)/p+1. The molecule has 6 nitrogen and oxygen atoms in total. The summed E-state index contributed by atoms with van der Waals surface area (Å²) in [7, 11) is 0. The van der Waals surface area contributed by atoms with Crippen molar-refractivity contribution in [2.75, 3.05) is 6.54 Å². The van der Waals surface area contributed by atoms with Crippen LogP contribution in [0.4, 0.5) is 5.69 Å². The van der Waals surface area contributed by atoms with Crippen LogP contribution in [-0.2, 0) is 0 Å². The van der Waals surface area contributed by atoms with Gasteiger partial charge in [0.25, 0.3) is 5.88 Å². The zero-order valence-corrected chi connectivity index (χ0v) is 7.41. The van der Waals surface area contributed by atoms with Gasteiger partial charge in [0, 0.05) is 12.8 Å². The zero-order valence-electron chi connectivity index (χ0n) is 7.41. The molecule has 1 aromatic heterocycles. The quantitative estimate of drug-likeness (QED) is 0.518. The van der Waals surface area contributed by atoms with E-state index >= 15 is 0 Å². The van der Waals surface area contributed by atoms with Crippen LogP contribution in [0.2, 0.25) is 0 Å². The number of nitrogens with one attached hydrogen (secondary N) is 2. The lowest BCUT2D eigenvalue weighted by Gasteiger charge is -1.97. The van der Waals surface area contributed by atoms with Crippen molar-refractivity contribution < 1.29 is 9.68 Å². The molecule has 6 heteroatoms. The lowest BCUT2D eigenvalue weighted by molar-refractivity contribution is -0.429. The molecule has 0 spiro atoms. The molecule has 74 valence electrons. The van der Waals surface area contributed by atoms with Gasteiger partial charge < -0.3 is 5.11 Å². The highest BCUT2D eigenvalue weighted by atomic mass is 16.3. The van der Waals surface area contributed by atoms with Gasteiger partial charge in [-0.15, -0.1) is 0 Å². The van der Waals surface area contributed by atoms with Crippen LogP contribution >= 0.6 is 0 Å². The van der Waals surface area contributed by atoms with E-state index in [4.69, 9.17) is 0 Å². The smallest absolute Gasteiger partial charge is 0.331 e. The van der Waals surface area contributed by atoms with Gasteiger partial charge in [-0.25, -0.2) is 4.79 Å². The number of hydrogen-bond donors (Lipinski definition) is 3. The highest BCUT2D eigenvalue weighted by Gasteiger charge is 2.23. The molecule has 14 heavy (non-hydrogen) atoms. The van der Waals surface area contributed by atoms with Crippen LogP contribution in [0.3, 0.4) is 0 Å². The molecule has 0 unspecified atom stereocenters. The van der Waals surface area contributed by atoms with Crippen LogP contribution in [-0.4, -0.2) is 32.4 Å². The van der Waals surface area contributed by atoms with Crippen LogP contribution in [0.5, 0.6) is 5.88 Å². The lowest BCUT2D eigenvalue weighted by Crippen LogP contribution is -2.25. The first-order valence-electron chi connectivity index (χ1n) is 4.34. The van der Waals surface area contributed by atoms with Crippen LogP contribution < -0.4 is 11.2 Å². The minimum Gasteiger partial charge on any atom is -0.490 e. The van der Waals surface area contributed by atoms with Gasteiger partial charge in [0.05, 0.1) is 0 Å². The maximum Gasteiger partial charge on any atom is 0.331 e. The predicted molar refractivity (Wildman–Crippen MR) is 49.4 cm³/mol. The third kappa shape index (κ3) is 1.34. The third-order valence-electron chi connectivity index (χ3n) is 2.14. The van der Waals surface area contributed by atoms with Gasteiger partial charge in [0.15, 0.2) is 0 Å². The molecule has 0 fully saturated rings. The fraction of sp³-hybridized carbons (Fsp3) is 0.375. The molecule has 0 saturated heterocycles. The van der Waals surface area contributed by atoms with Crippen LogP contribution in [0.15, 0.2) is 9.59 Å². The van der Waals surface area contributed by atoms with Crippen molar-refractivity contribution in [3.63, 3.8) is 0 Å². The van der Waals surface area contributed by atoms with Crippen molar-refractivity contribution >= 4 is 11.9 Å². The van der Waals surface area contributed by atoms with Gasteiger partial charge in [-0.2, -0.15) is 4.58 Å². The second kappa shape index (κ2) is 3.13. The van der Waals surface area contributed by atoms with Gasteiger partial charge in [0.2, 0.25) is 0 Å². The molecule has 0 amide bonds. The van der Waals surface area contributed by atoms with Gasteiger partial charge in [-0.1, -0.05) is 0 Å². The Morgan fingerprint density at radius 2 is 2.14 bits per heavy atom. The highest BCUT2D eigenvalue weighted by Crippen LogP contribution is 2.17. The van der Waals surface area contributed by atoms with Crippen molar-refractivity contribution in [2.24, 2.45) is 0 Å². The normalized spacial score (nSPS) is 15.6. The molecule has 3 N–H and O–H groups in total. The van der Waals surface area contributed by atoms with E-state index in [1.54, 1.807) is 4.58 Å². The number of aromatic hydroxyl groups is 1. The minimum atomic E-state index is -0.699. The molecule has 0 saturated carbocycles. The van der Waals surface area contributed by atoms with Crippen LogP contribution in [0.1, 0.15) is 12.8 Å². The Bertz CT molecular complexity index is 497. The van der Waals surface area contributed by atoms with Crippen molar-refractivity contribution in [3.05, 3.63) is 20.8 Å². The molecule has 0 bridgehead atoms. The average Bonchev–Trinajstić information content (AvgIpc) is 2.54. The SMILES string of the molecule is O=c1[nH]c(O)c([N+]2=CCCC2)c(=O)[nH]1. The monoisotopic (exact) mass is 196 g/mol. The Morgan fingerprint density at radius 3 is 2.71 bits per heavy atom. The summed E-state index contributed by atoms with van der Waals surface area (Å²) in [6.45, 7) is 0.683. The molecule has 2 rings (SSSR count). The summed E-state index contributed by atoms with van der Waals surface area (Å²) in [4.78, 5) is 26.3. The van der Waals surface area contributed by atoms with Crippen molar-refractivity contribution in [1.29, 1.82) is 0 Å². The summed E-state index contributed by atoms with van der Waals surface area (Å²) >= 11 is 0. The number of nitrogens with zero attached hydrogens (tertiary/aromatic N) is 1. The lowest BCUT2D eigenvalue weighted by atomic mass is 10.4. The number of rotatable bonds is 1. The maximum absolute atomic E-state index is 11.4. The number of hydrogen-bond acceptors (Lipinski definition) is 3. The largest absolute Gasteiger partial charge is 0.490 e. The molecule has 1 aliphatic heterocycles.